The normalized spacial score (nSPS) is 26.6. The number of aliphatic hydroxyl groups is 1. The van der Waals surface area contributed by atoms with E-state index >= 15 is 0 Å². The molecule has 5 nitrogen and oxygen atoms in total. The Morgan fingerprint density at radius 1 is 1.37 bits per heavy atom. The molecule has 2 atom stereocenters. The van der Waals surface area contributed by atoms with Crippen molar-refractivity contribution in [2.45, 2.75) is 25.6 Å². The number of rotatable bonds is 3. The second kappa shape index (κ2) is 5.36. The SMILES string of the molecule is CC1CNC(CO)CN1Cc1ccc2c(c1)OCO2. The minimum Gasteiger partial charge on any atom is -0.454 e. The van der Waals surface area contributed by atoms with Crippen molar-refractivity contribution in [1.29, 1.82) is 0 Å². The molecule has 0 spiro atoms. The summed E-state index contributed by atoms with van der Waals surface area (Å²) in [6.07, 6.45) is 0. The molecule has 2 N–H and O–H groups in total. The zero-order valence-electron chi connectivity index (χ0n) is 11.1. The largest absolute Gasteiger partial charge is 0.454 e. The third kappa shape index (κ3) is 2.68. The second-order valence-corrected chi connectivity index (χ2v) is 5.25. The lowest BCUT2D eigenvalue weighted by atomic mass is 10.1. The lowest BCUT2D eigenvalue weighted by Crippen LogP contribution is -2.56. The van der Waals surface area contributed by atoms with Crippen molar-refractivity contribution in [1.82, 2.24) is 10.2 Å². The van der Waals surface area contributed by atoms with Crippen LogP contribution in [0.3, 0.4) is 0 Å². The Bertz CT molecular complexity index is 452. The monoisotopic (exact) mass is 264 g/mol. The van der Waals surface area contributed by atoms with E-state index in [4.69, 9.17) is 9.47 Å². The summed E-state index contributed by atoms with van der Waals surface area (Å²) in [7, 11) is 0. The van der Waals surface area contributed by atoms with Gasteiger partial charge in [0.05, 0.1) is 6.61 Å². The lowest BCUT2D eigenvalue weighted by molar-refractivity contribution is 0.103. The van der Waals surface area contributed by atoms with Crippen molar-refractivity contribution in [3.63, 3.8) is 0 Å². The molecule has 104 valence electrons. The van der Waals surface area contributed by atoms with Crippen molar-refractivity contribution in [3.8, 4) is 11.5 Å². The van der Waals surface area contributed by atoms with Crippen LogP contribution in [0.25, 0.3) is 0 Å². The van der Waals surface area contributed by atoms with Crippen LogP contribution >= 0.6 is 0 Å². The Balaban J connectivity index is 1.69. The van der Waals surface area contributed by atoms with E-state index in [1.807, 2.05) is 12.1 Å². The molecule has 2 unspecified atom stereocenters. The molecule has 0 bridgehead atoms. The molecule has 0 saturated carbocycles. The number of benzene rings is 1. The lowest BCUT2D eigenvalue weighted by Gasteiger charge is -2.38. The number of ether oxygens (including phenoxy) is 2. The smallest absolute Gasteiger partial charge is 0.231 e. The molecule has 0 aliphatic carbocycles. The maximum Gasteiger partial charge on any atom is 0.231 e. The van der Waals surface area contributed by atoms with Crippen LogP contribution < -0.4 is 14.8 Å². The summed E-state index contributed by atoms with van der Waals surface area (Å²) in [5, 5.41) is 12.6. The van der Waals surface area contributed by atoms with Crippen LogP contribution in [0.5, 0.6) is 11.5 Å². The number of hydrogen-bond donors (Lipinski definition) is 2. The van der Waals surface area contributed by atoms with Gasteiger partial charge in [0.15, 0.2) is 11.5 Å². The van der Waals surface area contributed by atoms with Crippen molar-refractivity contribution in [2.75, 3.05) is 26.5 Å². The highest BCUT2D eigenvalue weighted by atomic mass is 16.7. The van der Waals surface area contributed by atoms with Crippen LogP contribution in [0, 0.1) is 0 Å². The Labute approximate surface area is 113 Å². The summed E-state index contributed by atoms with van der Waals surface area (Å²) in [5.74, 6) is 1.66. The summed E-state index contributed by atoms with van der Waals surface area (Å²) >= 11 is 0. The van der Waals surface area contributed by atoms with E-state index in [1.54, 1.807) is 0 Å². The Morgan fingerprint density at radius 2 is 2.21 bits per heavy atom. The van der Waals surface area contributed by atoms with Gasteiger partial charge in [0.25, 0.3) is 0 Å². The summed E-state index contributed by atoms with van der Waals surface area (Å²) in [5.41, 5.74) is 1.22. The first kappa shape index (κ1) is 12.7. The fourth-order valence-electron chi connectivity index (χ4n) is 2.61. The van der Waals surface area contributed by atoms with E-state index in [0.717, 1.165) is 31.1 Å². The van der Waals surface area contributed by atoms with Gasteiger partial charge in [-0.3, -0.25) is 4.90 Å². The molecule has 0 radical (unpaired) electrons. The molecule has 2 aliphatic rings. The fourth-order valence-corrected chi connectivity index (χ4v) is 2.61. The second-order valence-electron chi connectivity index (χ2n) is 5.25. The topological polar surface area (TPSA) is 54.0 Å². The van der Waals surface area contributed by atoms with Crippen molar-refractivity contribution < 1.29 is 14.6 Å². The molecule has 19 heavy (non-hydrogen) atoms. The number of aliphatic hydroxyl groups excluding tert-OH is 1. The third-order valence-corrected chi connectivity index (χ3v) is 3.82. The Hall–Kier alpha value is -1.30. The van der Waals surface area contributed by atoms with Crippen LogP contribution in [0.1, 0.15) is 12.5 Å². The molecule has 0 amide bonds. The molecule has 1 fully saturated rings. The average molecular weight is 264 g/mol. The van der Waals surface area contributed by atoms with Crippen LogP contribution in [0.2, 0.25) is 0 Å². The molecular formula is C14H20N2O3. The Kier molecular flexibility index (Phi) is 3.59. The summed E-state index contributed by atoms with van der Waals surface area (Å²) < 4.78 is 10.7. The first-order chi connectivity index (χ1) is 9.26. The van der Waals surface area contributed by atoms with Crippen molar-refractivity contribution in [2.24, 2.45) is 0 Å². The van der Waals surface area contributed by atoms with E-state index in [2.05, 4.69) is 23.2 Å². The van der Waals surface area contributed by atoms with Gasteiger partial charge in [-0.25, -0.2) is 0 Å². The maximum absolute atomic E-state index is 9.26. The van der Waals surface area contributed by atoms with E-state index in [9.17, 15) is 5.11 Å². The molecular weight excluding hydrogens is 244 g/mol. The van der Waals surface area contributed by atoms with E-state index in [-0.39, 0.29) is 12.6 Å². The zero-order valence-corrected chi connectivity index (χ0v) is 11.1. The van der Waals surface area contributed by atoms with Gasteiger partial charge in [-0.2, -0.15) is 0 Å². The van der Waals surface area contributed by atoms with Gasteiger partial charge in [-0.1, -0.05) is 6.07 Å². The highest BCUT2D eigenvalue weighted by Gasteiger charge is 2.24. The summed E-state index contributed by atoms with van der Waals surface area (Å²) in [6, 6.07) is 6.73. The van der Waals surface area contributed by atoms with Gasteiger partial charge in [-0.05, 0) is 24.6 Å². The van der Waals surface area contributed by atoms with Crippen molar-refractivity contribution in [3.05, 3.63) is 23.8 Å². The number of fused-ring (bicyclic) bond motifs is 1. The highest BCUT2D eigenvalue weighted by Crippen LogP contribution is 2.33. The molecule has 0 aromatic heterocycles. The molecule has 3 rings (SSSR count). The number of nitrogens with zero attached hydrogens (tertiary/aromatic N) is 1. The molecule has 1 aromatic rings. The van der Waals surface area contributed by atoms with Gasteiger partial charge >= 0.3 is 0 Å². The van der Waals surface area contributed by atoms with E-state index in [0.29, 0.717) is 12.8 Å². The predicted octanol–water partition coefficient (Wildman–Crippen LogP) is 0.570. The van der Waals surface area contributed by atoms with E-state index in [1.165, 1.54) is 5.56 Å². The van der Waals surface area contributed by atoms with Crippen molar-refractivity contribution >= 4 is 0 Å². The number of hydrogen-bond acceptors (Lipinski definition) is 5. The van der Waals surface area contributed by atoms with Gasteiger partial charge in [0.2, 0.25) is 6.79 Å². The zero-order chi connectivity index (χ0) is 13.2. The number of nitrogens with one attached hydrogen (secondary N) is 1. The van der Waals surface area contributed by atoms with Crippen LogP contribution in [0.4, 0.5) is 0 Å². The van der Waals surface area contributed by atoms with Gasteiger partial charge < -0.3 is 19.9 Å². The molecule has 1 aromatic carbocycles. The van der Waals surface area contributed by atoms with E-state index < -0.39 is 0 Å². The fraction of sp³-hybridized carbons (Fsp3) is 0.571. The summed E-state index contributed by atoms with van der Waals surface area (Å²) in [4.78, 5) is 2.38. The standard InChI is InChI=1S/C14H20N2O3/c1-10-5-15-12(8-17)7-16(10)6-11-2-3-13-14(4-11)19-9-18-13/h2-4,10,12,15,17H,5-9H2,1H3. The third-order valence-electron chi connectivity index (χ3n) is 3.82. The minimum absolute atomic E-state index is 0.171. The van der Waals surface area contributed by atoms with Gasteiger partial charge in [0.1, 0.15) is 0 Å². The quantitative estimate of drug-likeness (QED) is 0.836. The van der Waals surface area contributed by atoms with Gasteiger partial charge in [-0.15, -0.1) is 0 Å². The molecule has 2 aliphatic heterocycles. The molecule has 1 saturated heterocycles. The van der Waals surface area contributed by atoms with Gasteiger partial charge in [0, 0.05) is 31.7 Å². The minimum atomic E-state index is 0.171. The van der Waals surface area contributed by atoms with Crippen LogP contribution in [-0.2, 0) is 6.54 Å². The van der Waals surface area contributed by atoms with Crippen LogP contribution in [-0.4, -0.2) is 48.6 Å². The predicted molar refractivity (Wildman–Crippen MR) is 71.3 cm³/mol. The molecule has 5 heteroatoms. The first-order valence-electron chi connectivity index (χ1n) is 6.73. The summed E-state index contributed by atoms with van der Waals surface area (Å²) in [6.45, 7) is 5.35. The maximum atomic E-state index is 9.26. The number of piperazine rings is 1. The highest BCUT2D eigenvalue weighted by molar-refractivity contribution is 5.44. The first-order valence-corrected chi connectivity index (χ1v) is 6.73. The van der Waals surface area contributed by atoms with Crippen LogP contribution in [0.15, 0.2) is 18.2 Å². The molecule has 2 heterocycles. The Morgan fingerprint density at radius 3 is 3.05 bits per heavy atom. The average Bonchev–Trinajstić information content (AvgIpc) is 2.89.